The second-order valence-corrected chi connectivity index (χ2v) is 5.32. The number of halogens is 1. The van der Waals surface area contributed by atoms with Gasteiger partial charge in [-0.2, -0.15) is 0 Å². The molecule has 106 valence electrons. The molecule has 1 aliphatic heterocycles. The molecule has 5 nitrogen and oxygen atoms in total. The molecule has 0 radical (unpaired) electrons. The highest BCUT2D eigenvalue weighted by molar-refractivity contribution is 6.30. The first-order valence-corrected chi connectivity index (χ1v) is 7.10. The summed E-state index contributed by atoms with van der Waals surface area (Å²) in [6.07, 6.45) is 3.18. The van der Waals surface area contributed by atoms with Gasteiger partial charge in [-0.05, 0) is 25.2 Å². The Morgan fingerprint density at radius 2 is 2.05 bits per heavy atom. The molecule has 1 aromatic rings. The van der Waals surface area contributed by atoms with Crippen LogP contribution in [0.15, 0.2) is 9.59 Å². The Bertz CT molecular complexity index is 544. The Kier molecular flexibility index (Phi) is 4.82. The van der Waals surface area contributed by atoms with Crippen LogP contribution in [-0.4, -0.2) is 22.8 Å². The summed E-state index contributed by atoms with van der Waals surface area (Å²) in [4.78, 5) is 26.7. The zero-order chi connectivity index (χ0) is 13.8. The van der Waals surface area contributed by atoms with Crippen LogP contribution in [0.1, 0.15) is 31.7 Å². The fourth-order valence-corrected chi connectivity index (χ4v) is 2.66. The first-order valence-electron chi connectivity index (χ1n) is 6.72. The molecular formula is C13H19ClN2O3. The van der Waals surface area contributed by atoms with E-state index < -0.39 is 5.69 Å². The average Bonchev–Trinajstić information content (AvgIpc) is 2.41. The van der Waals surface area contributed by atoms with E-state index in [0.717, 1.165) is 19.3 Å². The van der Waals surface area contributed by atoms with Crippen molar-refractivity contribution in [3.05, 3.63) is 31.6 Å². The van der Waals surface area contributed by atoms with Crippen molar-refractivity contribution >= 4 is 11.6 Å². The maximum atomic E-state index is 12.3. The van der Waals surface area contributed by atoms with E-state index in [1.165, 1.54) is 4.57 Å². The standard InChI is InChI=1S/C13H19ClN2O3/c1-2-3-10-11(14)15-13(18)16(12(10)17)8-9-4-6-19-7-5-9/h9H,2-8H2,1H3,(H,15,18). The summed E-state index contributed by atoms with van der Waals surface area (Å²) in [6.45, 7) is 3.83. The lowest BCUT2D eigenvalue weighted by Crippen LogP contribution is -2.40. The Hall–Kier alpha value is -1.07. The van der Waals surface area contributed by atoms with Crippen molar-refractivity contribution in [1.82, 2.24) is 9.55 Å². The molecule has 0 amide bonds. The maximum absolute atomic E-state index is 12.3. The van der Waals surface area contributed by atoms with Crippen LogP contribution in [-0.2, 0) is 17.7 Å². The van der Waals surface area contributed by atoms with Gasteiger partial charge in [0, 0.05) is 19.8 Å². The van der Waals surface area contributed by atoms with E-state index >= 15 is 0 Å². The topological polar surface area (TPSA) is 64.1 Å². The second-order valence-electron chi connectivity index (χ2n) is 4.94. The van der Waals surface area contributed by atoms with Gasteiger partial charge in [0.2, 0.25) is 0 Å². The molecule has 0 unspecified atom stereocenters. The van der Waals surface area contributed by atoms with Gasteiger partial charge < -0.3 is 4.74 Å². The van der Waals surface area contributed by atoms with Crippen molar-refractivity contribution in [2.45, 2.75) is 39.2 Å². The number of rotatable bonds is 4. The third-order valence-electron chi connectivity index (χ3n) is 3.51. The highest BCUT2D eigenvalue weighted by atomic mass is 35.5. The van der Waals surface area contributed by atoms with Crippen LogP contribution >= 0.6 is 11.6 Å². The fraction of sp³-hybridized carbons (Fsp3) is 0.692. The monoisotopic (exact) mass is 286 g/mol. The lowest BCUT2D eigenvalue weighted by Gasteiger charge is -2.22. The minimum absolute atomic E-state index is 0.181. The summed E-state index contributed by atoms with van der Waals surface area (Å²) in [5.74, 6) is 0.322. The average molecular weight is 287 g/mol. The molecule has 1 fully saturated rings. The van der Waals surface area contributed by atoms with E-state index in [1.54, 1.807) is 0 Å². The lowest BCUT2D eigenvalue weighted by molar-refractivity contribution is 0.0605. The normalized spacial score (nSPS) is 16.7. The number of H-pyrrole nitrogens is 1. The smallest absolute Gasteiger partial charge is 0.329 e. The van der Waals surface area contributed by atoms with Crippen LogP contribution in [0.25, 0.3) is 0 Å². The largest absolute Gasteiger partial charge is 0.381 e. The van der Waals surface area contributed by atoms with E-state index in [1.807, 2.05) is 6.92 Å². The van der Waals surface area contributed by atoms with Gasteiger partial charge in [0.05, 0.1) is 5.56 Å². The number of ether oxygens (including phenoxy) is 1. The molecule has 0 aromatic carbocycles. The predicted octanol–water partition coefficient (Wildman–Crippen LogP) is 1.57. The third-order valence-corrected chi connectivity index (χ3v) is 3.83. The molecular weight excluding hydrogens is 268 g/mol. The molecule has 6 heteroatoms. The van der Waals surface area contributed by atoms with Crippen LogP contribution in [0.5, 0.6) is 0 Å². The molecule has 1 aliphatic rings. The molecule has 19 heavy (non-hydrogen) atoms. The Morgan fingerprint density at radius 3 is 2.68 bits per heavy atom. The lowest BCUT2D eigenvalue weighted by atomic mass is 10.0. The predicted molar refractivity (Wildman–Crippen MR) is 73.9 cm³/mol. The fourth-order valence-electron chi connectivity index (χ4n) is 2.41. The van der Waals surface area contributed by atoms with Gasteiger partial charge in [0.1, 0.15) is 5.15 Å². The zero-order valence-corrected chi connectivity index (χ0v) is 11.8. The van der Waals surface area contributed by atoms with Gasteiger partial charge in [-0.3, -0.25) is 14.3 Å². The van der Waals surface area contributed by atoms with Gasteiger partial charge in [-0.1, -0.05) is 24.9 Å². The number of nitrogens with one attached hydrogen (secondary N) is 1. The van der Waals surface area contributed by atoms with Crippen LogP contribution in [0.2, 0.25) is 5.15 Å². The van der Waals surface area contributed by atoms with Gasteiger partial charge in [-0.25, -0.2) is 4.79 Å². The van der Waals surface area contributed by atoms with Crippen LogP contribution < -0.4 is 11.2 Å². The number of aromatic amines is 1. The van der Waals surface area contributed by atoms with E-state index in [0.29, 0.717) is 37.7 Å². The minimum Gasteiger partial charge on any atom is -0.381 e. The van der Waals surface area contributed by atoms with Crippen molar-refractivity contribution in [2.24, 2.45) is 5.92 Å². The molecule has 0 atom stereocenters. The quantitative estimate of drug-likeness (QED) is 0.855. The molecule has 2 heterocycles. The number of hydrogen-bond donors (Lipinski definition) is 1. The SMILES string of the molecule is CCCc1c(Cl)[nH]c(=O)n(CC2CCOCC2)c1=O. The molecule has 0 saturated carbocycles. The minimum atomic E-state index is -0.415. The van der Waals surface area contributed by atoms with Crippen LogP contribution in [0, 0.1) is 5.92 Å². The third kappa shape index (κ3) is 3.28. The van der Waals surface area contributed by atoms with Gasteiger partial charge >= 0.3 is 5.69 Å². The van der Waals surface area contributed by atoms with Gasteiger partial charge in [0.15, 0.2) is 0 Å². The molecule has 1 N–H and O–H groups in total. The summed E-state index contributed by atoms with van der Waals surface area (Å²) in [7, 11) is 0. The maximum Gasteiger partial charge on any atom is 0.329 e. The van der Waals surface area contributed by atoms with Gasteiger partial charge in [0.25, 0.3) is 5.56 Å². The molecule has 1 aromatic heterocycles. The molecule has 0 bridgehead atoms. The van der Waals surface area contributed by atoms with E-state index in [-0.39, 0.29) is 10.7 Å². The summed E-state index contributed by atoms with van der Waals surface area (Å²) in [5.41, 5.74) is -0.153. The van der Waals surface area contributed by atoms with Crippen molar-refractivity contribution in [1.29, 1.82) is 0 Å². The summed E-state index contributed by atoms with van der Waals surface area (Å²) >= 11 is 5.94. The number of nitrogens with zero attached hydrogens (tertiary/aromatic N) is 1. The van der Waals surface area contributed by atoms with Crippen molar-refractivity contribution < 1.29 is 4.74 Å². The van der Waals surface area contributed by atoms with Crippen molar-refractivity contribution in [2.75, 3.05) is 13.2 Å². The summed E-state index contributed by atoms with van der Waals surface area (Å²) in [5, 5.41) is 0.181. The number of hydrogen-bond acceptors (Lipinski definition) is 3. The highest BCUT2D eigenvalue weighted by Gasteiger charge is 2.18. The Balaban J connectivity index is 2.31. The van der Waals surface area contributed by atoms with Gasteiger partial charge in [-0.15, -0.1) is 0 Å². The van der Waals surface area contributed by atoms with Crippen LogP contribution in [0.4, 0.5) is 0 Å². The number of aromatic nitrogens is 2. The van der Waals surface area contributed by atoms with E-state index in [2.05, 4.69) is 4.98 Å². The summed E-state index contributed by atoms with van der Waals surface area (Å²) in [6, 6.07) is 0. The van der Waals surface area contributed by atoms with Crippen LogP contribution in [0.3, 0.4) is 0 Å². The highest BCUT2D eigenvalue weighted by Crippen LogP contribution is 2.16. The molecule has 0 spiro atoms. The summed E-state index contributed by atoms with van der Waals surface area (Å²) < 4.78 is 6.57. The molecule has 0 aliphatic carbocycles. The van der Waals surface area contributed by atoms with Crippen molar-refractivity contribution in [3.8, 4) is 0 Å². The van der Waals surface area contributed by atoms with E-state index in [4.69, 9.17) is 16.3 Å². The molecule has 2 rings (SSSR count). The molecule has 1 saturated heterocycles. The Labute approximate surface area is 116 Å². The van der Waals surface area contributed by atoms with E-state index in [9.17, 15) is 9.59 Å². The first-order chi connectivity index (χ1) is 9.13. The Morgan fingerprint density at radius 1 is 1.37 bits per heavy atom. The first kappa shape index (κ1) is 14.3. The zero-order valence-electron chi connectivity index (χ0n) is 11.1. The van der Waals surface area contributed by atoms with Crippen molar-refractivity contribution in [3.63, 3.8) is 0 Å². The second kappa shape index (κ2) is 6.39.